The number of hydrogen-bond donors (Lipinski definition) is 0. The van der Waals surface area contributed by atoms with Gasteiger partial charge in [-0.15, -0.1) is 0 Å². The maximum atomic E-state index is 13.5. The first kappa shape index (κ1) is 32.2. The summed E-state index contributed by atoms with van der Waals surface area (Å²) in [7, 11) is 0. The Morgan fingerprint density at radius 2 is 1.00 bits per heavy atom. The van der Waals surface area contributed by atoms with Crippen LogP contribution in [0.1, 0.15) is 95.6 Å². The molecule has 3 aromatic carbocycles. The first-order valence-corrected chi connectivity index (χ1v) is 15.6. The van der Waals surface area contributed by atoms with E-state index in [0.717, 1.165) is 37.6 Å². The summed E-state index contributed by atoms with van der Waals surface area (Å²) in [6, 6.07) is 24.3. The minimum absolute atomic E-state index is 0.0562. The molecule has 6 heteroatoms. The van der Waals surface area contributed by atoms with Crippen LogP contribution in [0.3, 0.4) is 0 Å². The van der Waals surface area contributed by atoms with Crippen molar-refractivity contribution in [1.82, 2.24) is 14.7 Å². The Balaban J connectivity index is 0.000000145. The van der Waals surface area contributed by atoms with Crippen LogP contribution < -0.4 is 0 Å². The highest BCUT2D eigenvalue weighted by atomic mass is 19.1. The van der Waals surface area contributed by atoms with Gasteiger partial charge < -0.3 is 0 Å². The number of rotatable bonds is 6. The Morgan fingerprint density at radius 3 is 1.48 bits per heavy atom. The summed E-state index contributed by atoms with van der Waals surface area (Å²) in [5.41, 5.74) is 3.09. The lowest BCUT2D eigenvalue weighted by atomic mass is 9.92. The third kappa shape index (κ3) is 7.83. The summed E-state index contributed by atoms with van der Waals surface area (Å²) in [4.78, 5) is 7.13. The normalized spacial score (nSPS) is 22.4. The quantitative estimate of drug-likeness (QED) is 0.289. The highest BCUT2D eigenvalue weighted by Crippen LogP contribution is 2.37. The number of nitrogens with zero attached hydrogens (tertiary/aromatic N) is 3. The predicted molar refractivity (Wildman–Crippen MR) is 167 cm³/mol. The third-order valence-electron chi connectivity index (χ3n) is 8.91. The topological polar surface area (TPSA) is 9.72 Å². The Kier molecular flexibility index (Phi) is 11.3. The molecule has 3 heterocycles. The van der Waals surface area contributed by atoms with Gasteiger partial charge in [-0.2, -0.15) is 0 Å². The van der Waals surface area contributed by atoms with Crippen molar-refractivity contribution in [3.05, 3.63) is 107 Å². The molecule has 0 amide bonds. The van der Waals surface area contributed by atoms with Gasteiger partial charge in [-0.3, -0.25) is 14.7 Å². The zero-order valence-corrected chi connectivity index (χ0v) is 26.1. The van der Waals surface area contributed by atoms with Crippen molar-refractivity contribution in [2.45, 2.75) is 97.1 Å². The van der Waals surface area contributed by atoms with Gasteiger partial charge in [-0.05, 0) is 102 Å². The molecule has 0 aliphatic carbocycles. The van der Waals surface area contributed by atoms with Crippen molar-refractivity contribution in [3.63, 3.8) is 0 Å². The molecular weight excluding hydrogens is 531 g/mol. The smallest absolute Gasteiger partial charge is 0.128 e. The number of halogens is 3. The van der Waals surface area contributed by atoms with Gasteiger partial charge in [0.1, 0.15) is 17.5 Å². The molecule has 0 aromatic heterocycles. The van der Waals surface area contributed by atoms with Gasteiger partial charge in [-0.1, -0.05) is 42.5 Å². The van der Waals surface area contributed by atoms with Gasteiger partial charge in [0.05, 0.1) is 0 Å². The molecule has 3 nitrogen and oxygen atoms in total. The van der Waals surface area contributed by atoms with Crippen LogP contribution in [0.5, 0.6) is 0 Å². The van der Waals surface area contributed by atoms with Crippen LogP contribution in [0.2, 0.25) is 0 Å². The second-order valence-electron chi connectivity index (χ2n) is 12.5. The van der Waals surface area contributed by atoms with E-state index in [1.165, 1.54) is 36.7 Å². The van der Waals surface area contributed by atoms with Gasteiger partial charge in [0.15, 0.2) is 0 Å². The predicted octanol–water partition coefficient (Wildman–Crippen LogP) is 8.94. The van der Waals surface area contributed by atoms with Crippen LogP contribution >= 0.6 is 0 Å². The van der Waals surface area contributed by atoms with E-state index < -0.39 is 0 Å². The van der Waals surface area contributed by atoms with Crippen LogP contribution in [0.15, 0.2) is 72.8 Å². The van der Waals surface area contributed by atoms with Gasteiger partial charge in [0, 0.05) is 61.4 Å². The summed E-state index contributed by atoms with van der Waals surface area (Å²) in [5.74, 6) is -0.785. The molecule has 3 unspecified atom stereocenters. The SMILES string of the molecule is CC(C)N1CCC1c1cc(F)ccc1F.CC(C)N1CCC1c1cccc(F)c1.CC(C)N1CCC1c1ccccc1. The van der Waals surface area contributed by atoms with Crippen molar-refractivity contribution in [2.24, 2.45) is 0 Å². The van der Waals surface area contributed by atoms with Gasteiger partial charge >= 0.3 is 0 Å². The summed E-state index contributed by atoms with van der Waals surface area (Å²) >= 11 is 0. The maximum Gasteiger partial charge on any atom is 0.128 e. The van der Waals surface area contributed by atoms with E-state index in [2.05, 4.69) is 86.6 Å². The first-order valence-electron chi connectivity index (χ1n) is 15.6. The number of benzene rings is 3. The molecule has 3 atom stereocenters. The Hall–Kier alpha value is -2.67. The molecule has 3 aliphatic rings. The number of hydrogen-bond acceptors (Lipinski definition) is 3. The van der Waals surface area contributed by atoms with Gasteiger partial charge in [0.2, 0.25) is 0 Å². The van der Waals surface area contributed by atoms with Crippen LogP contribution in [0.4, 0.5) is 13.2 Å². The molecule has 3 fully saturated rings. The molecule has 3 aliphatic heterocycles. The van der Waals surface area contributed by atoms with E-state index in [1.54, 1.807) is 12.1 Å². The fourth-order valence-corrected chi connectivity index (χ4v) is 6.29. The van der Waals surface area contributed by atoms with Crippen LogP contribution in [0, 0.1) is 17.5 Å². The van der Waals surface area contributed by atoms with E-state index in [-0.39, 0.29) is 23.5 Å². The zero-order chi connectivity index (χ0) is 30.4. The lowest BCUT2D eigenvalue weighted by Gasteiger charge is -2.44. The highest BCUT2D eigenvalue weighted by Gasteiger charge is 2.33. The average Bonchev–Trinajstić information content (AvgIpc) is 2.85. The lowest BCUT2D eigenvalue weighted by molar-refractivity contribution is 0.0534. The van der Waals surface area contributed by atoms with Crippen molar-refractivity contribution in [3.8, 4) is 0 Å². The molecule has 0 radical (unpaired) electrons. The van der Waals surface area contributed by atoms with E-state index in [9.17, 15) is 13.2 Å². The minimum atomic E-state index is -0.359. The standard InChI is InChI=1S/C12H15F2N.C12H16FN.C12H17N/c1-8(2)15-6-5-12(15)10-7-9(13)3-4-11(10)14;1-9(2)14-7-6-12(14)10-4-3-5-11(13)8-10;1-10(2)13-9-8-12(13)11-6-4-3-5-7-11/h3-4,7-8,12H,5-6H2,1-2H3;3-5,8-9,12H,6-7H2,1-2H3;3-7,10,12H,8-9H2,1-2H3. The molecular formula is C36H48F3N3. The molecule has 228 valence electrons. The zero-order valence-electron chi connectivity index (χ0n) is 26.1. The van der Waals surface area contributed by atoms with Crippen molar-refractivity contribution in [2.75, 3.05) is 19.6 Å². The Labute approximate surface area is 251 Å². The Morgan fingerprint density at radius 1 is 0.524 bits per heavy atom. The third-order valence-corrected chi connectivity index (χ3v) is 8.91. The molecule has 3 aromatic rings. The van der Waals surface area contributed by atoms with Crippen molar-refractivity contribution >= 4 is 0 Å². The minimum Gasteiger partial charge on any atom is -0.294 e. The average molecular weight is 580 g/mol. The highest BCUT2D eigenvalue weighted by molar-refractivity contribution is 5.25. The van der Waals surface area contributed by atoms with Crippen LogP contribution in [-0.2, 0) is 0 Å². The summed E-state index contributed by atoms with van der Waals surface area (Å²) in [6.07, 6.45) is 3.39. The fourth-order valence-electron chi connectivity index (χ4n) is 6.29. The van der Waals surface area contributed by atoms with E-state index in [1.807, 2.05) is 6.07 Å². The van der Waals surface area contributed by atoms with Crippen molar-refractivity contribution < 1.29 is 13.2 Å². The molecule has 6 rings (SSSR count). The largest absolute Gasteiger partial charge is 0.294 e. The summed E-state index contributed by atoms with van der Waals surface area (Å²) < 4.78 is 39.5. The summed E-state index contributed by atoms with van der Waals surface area (Å²) in [5, 5.41) is 0. The molecule has 3 saturated heterocycles. The monoisotopic (exact) mass is 579 g/mol. The lowest BCUT2D eigenvalue weighted by Crippen LogP contribution is -2.45. The second kappa shape index (κ2) is 14.7. The molecule has 0 N–H and O–H groups in total. The molecule has 0 saturated carbocycles. The van der Waals surface area contributed by atoms with Crippen molar-refractivity contribution in [1.29, 1.82) is 0 Å². The summed E-state index contributed by atoms with van der Waals surface area (Å²) in [6.45, 7) is 16.4. The van der Waals surface area contributed by atoms with Crippen LogP contribution in [-0.4, -0.2) is 52.5 Å². The van der Waals surface area contributed by atoms with Crippen LogP contribution in [0.25, 0.3) is 0 Å². The fraction of sp³-hybridized carbons (Fsp3) is 0.500. The molecule has 0 bridgehead atoms. The van der Waals surface area contributed by atoms with Gasteiger partial charge in [-0.25, -0.2) is 13.2 Å². The van der Waals surface area contributed by atoms with E-state index >= 15 is 0 Å². The number of likely N-dealkylation sites (tertiary alicyclic amines) is 3. The Bertz CT molecular complexity index is 1260. The molecule has 42 heavy (non-hydrogen) atoms. The van der Waals surface area contributed by atoms with Gasteiger partial charge in [0.25, 0.3) is 0 Å². The first-order chi connectivity index (χ1) is 20.1. The second-order valence-corrected chi connectivity index (χ2v) is 12.5. The van der Waals surface area contributed by atoms with E-state index in [0.29, 0.717) is 35.8 Å². The molecule has 0 spiro atoms. The maximum absolute atomic E-state index is 13.5. The van der Waals surface area contributed by atoms with E-state index in [4.69, 9.17) is 0 Å².